The molecule has 0 saturated carbocycles. The zero-order chi connectivity index (χ0) is 11.8. The monoisotopic (exact) mass is 212 g/mol. The summed E-state index contributed by atoms with van der Waals surface area (Å²) in [5.74, 6) is -0.226. The van der Waals surface area contributed by atoms with Crippen molar-refractivity contribution < 1.29 is 9.53 Å². The predicted octanol–water partition coefficient (Wildman–Crippen LogP) is 1.80. The molecule has 1 aliphatic rings. The van der Waals surface area contributed by atoms with Crippen molar-refractivity contribution in [3.63, 3.8) is 0 Å². The summed E-state index contributed by atoms with van der Waals surface area (Å²) in [5, 5.41) is 0. The average molecular weight is 212 g/mol. The largest absolute Gasteiger partial charge is 0.391 e. The quantitative estimate of drug-likeness (QED) is 0.655. The van der Waals surface area contributed by atoms with Gasteiger partial charge in [-0.25, -0.2) is 9.79 Å². The number of hydrogen-bond donors (Lipinski definition) is 0. The van der Waals surface area contributed by atoms with E-state index >= 15 is 0 Å². The Morgan fingerprint density at radius 3 is 2.20 bits per heavy atom. The van der Waals surface area contributed by atoms with Gasteiger partial charge in [-0.05, 0) is 41.5 Å². The summed E-state index contributed by atoms with van der Waals surface area (Å²) in [4.78, 5) is 17.9. The molecule has 0 bridgehead atoms. The molecule has 0 amide bonds. The Morgan fingerprint density at radius 1 is 1.27 bits per heavy atom. The van der Waals surface area contributed by atoms with Gasteiger partial charge in [0.2, 0.25) is 0 Å². The van der Waals surface area contributed by atoms with Crippen LogP contribution in [0.15, 0.2) is 4.99 Å². The second-order valence-corrected chi connectivity index (χ2v) is 4.92. The Bertz CT molecular complexity index is 293. The maximum absolute atomic E-state index is 11.7. The van der Waals surface area contributed by atoms with E-state index in [4.69, 9.17) is 4.74 Å². The topological polar surface area (TPSA) is 41.9 Å². The van der Waals surface area contributed by atoms with Crippen LogP contribution in [0.5, 0.6) is 0 Å². The molecule has 0 unspecified atom stereocenters. The maximum atomic E-state index is 11.7. The molecule has 1 aliphatic heterocycles. The molecule has 0 aromatic rings. The van der Waals surface area contributed by atoms with E-state index in [1.54, 1.807) is 0 Å². The SMILES string of the molecule is CC(C)N=C1OC(=O)C(C)(C)N1C(C)C. The average Bonchev–Trinajstić information content (AvgIpc) is 2.20. The van der Waals surface area contributed by atoms with Gasteiger partial charge in [0.25, 0.3) is 6.02 Å². The lowest BCUT2D eigenvalue weighted by molar-refractivity contribution is -0.139. The van der Waals surface area contributed by atoms with Crippen LogP contribution >= 0.6 is 0 Å². The molecule has 1 rings (SSSR count). The van der Waals surface area contributed by atoms with Gasteiger partial charge in [-0.1, -0.05) is 0 Å². The van der Waals surface area contributed by atoms with Crippen LogP contribution < -0.4 is 0 Å². The molecule has 86 valence electrons. The van der Waals surface area contributed by atoms with E-state index in [9.17, 15) is 4.79 Å². The molecule has 0 spiro atoms. The molecular weight excluding hydrogens is 192 g/mol. The van der Waals surface area contributed by atoms with E-state index in [1.807, 2.05) is 46.4 Å². The van der Waals surface area contributed by atoms with Crippen LogP contribution in [-0.2, 0) is 9.53 Å². The van der Waals surface area contributed by atoms with Crippen LogP contribution in [0.3, 0.4) is 0 Å². The highest BCUT2D eigenvalue weighted by molar-refractivity contribution is 6.00. The lowest BCUT2D eigenvalue weighted by Gasteiger charge is -2.31. The van der Waals surface area contributed by atoms with Crippen molar-refractivity contribution in [3.05, 3.63) is 0 Å². The highest BCUT2D eigenvalue weighted by atomic mass is 16.6. The van der Waals surface area contributed by atoms with E-state index in [0.29, 0.717) is 6.02 Å². The van der Waals surface area contributed by atoms with Crippen molar-refractivity contribution in [2.45, 2.75) is 59.2 Å². The summed E-state index contributed by atoms with van der Waals surface area (Å²) in [6, 6.07) is 0.780. The lowest BCUT2D eigenvalue weighted by Crippen LogP contribution is -2.48. The van der Waals surface area contributed by atoms with E-state index in [-0.39, 0.29) is 18.1 Å². The Labute approximate surface area is 91.3 Å². The third-order valence-corrected chi connectivity index (χ3v) is 2.38. The zero-order valence-corrected chi connectivity index (χ0v) is 10.4. The Kier molecular flexibility index (Phi) is 3.07. The van der Waals surface area contributed by atoms with Gasteiger partial charge in [-0.2, -0.15) is 0 Å². The lowest BCUT2D eigenvalue weighted by atomic mass is 10.0. The van der Waals surface area contributed by atoms with Gasteiger partial charge in [0.05, 0.1) is 0 Å². The first-order chi connectivity index (χ1) is 6.76. The number of rotatable bonds is 2. The first-order valence-electron chi connectivity index (χ1n) is 5.36. The molecule has 0 atom stereocenters. The molecule has 0 aliphatic carbocycles. The van der Waals surface area contributed by atoms with Crippen molar-refractivity contribution in [1.29, 1.82) is 0 Å². The summed E-state index contributed by atoms with van der Waals surface area (Å²) in [6.45, 7) is 11.7. The first-order valence-corrected chi connectivity index (χ1v) is 5.36. The number of nitrogens with zero attached hydrogens (tertiary/aromatic N) is 2. The van der Waals surface area contributed by atoms with Gasteiger partial charge in [-0.3, -0.25) is 0 Å². The Morgan fingerprint density at radius 2 is 1.80 bits per heavy atom. The highest BCUT2D eigenvalue weighted by Crippen LogP contribution is 2.27. The number of ether oxygens (including phenoxy) is 1. The summed E-state index contributed by atoms with van der Waals surface area (Å²) in [5.41, 5.74) is -0.609. The Hall–Kier alpha value is -1.06. The van der Waals surface area contributed by atoms with Gasteiger partial charge in [-0.15, -0.1) is 0 Å². The fourth-order valence-corrected chi connectivity index (χ4v) is 1.77. The molecular formula is C11H20N2O2. The van der Waals surface area contributed by atoms with E-state index in [2.05, 4.69) is 4.99 Å². The fourth-order valence-electron chi connectivity index (χ4n) is 1.77. The summed E-state index contributed by atoms with van der Waals surface area (Å²) in [7, 11) is 0. The number of esters is 1. The minimum Gasteiger partial charge on any atom is -0.391 e. The third kappa shape index (κ3) is 2.13. The van der Waals surface area contributed by atoms with Crippen molar-refractivity contribution in [2.75, 3.05) is 0 Å². The number of amidine groups is 1. The second-order valence-electron chi connectivity index (χ2n) is 4.92. The summed E-state index contributed by atoms with van der Waals surface area (Å²) in [6.07, 6.45) is 0. The van der Waals surface area contributed by atoms with E-state index in [1.165, 1.54) is 0 Å². The van der Waals surface area contributed by atoms with Crippen LogP contribution in [0.2, 0.25) is 0 Å². The van der Waals surface area contributed by atoms with Crippen LogP contribution in [0.25, 0.3) is 0 Å². The Balaban J connectivity index is 3.07. The molecule has 4 nitrogen and oxygen atoms in total. The van der Waals surface area contributed by atoms with Crippen LogP contribution in [-0.4, -0.2) is 34.5 Å². The molecule has 4 heteroatoms. The fraction of sp³-hybridized carbons (Fsp3) is 0.818. The predicted molar refractivity (Wildman–Crippen MR) is 59.7 cm³/mol. The van der Waals surface area contributed by atoms with E-state index < -0.39 is 5.54 Å². The highest BCUT2D eigenvalue weighted by Gasteiger charge is 2.47. The molecule has 0 aromatic heterocycles. The van der Waals surface area contributed by atoms with Crippen molar-refractivity contribution in [3.8, 4) is 0 Å². The number of carbonyl (C=O) groups is 1. The van der Waals surface area contributed by atoms with Crippen molar-refractivity contribution in [1.82, 2.24) is 4.90 Å². The number of aliphatic imine (C=N–C) groups is 1. The van der Waals surface area contributed by atoms with Crippen molar-refractivity contribution >= 4 is 12.0 Å². The van der Waals surface area contributed by atoms with E-state index in [0.717, 1.165) is 0 Å². The molecule has 1 saturated heterocycles. The normalized spacial score (nSPS) is 23.1. The zero-order valence-electron chi connectivity index (χ0n) is 10.4. The standard InChI is InChI=1S/C11H20N2O2/c1-7(2)12-10-13(8(3)4)11(5,6)9(14)15-10/h7-8H,1-6H3. The minimum absolute atomic E-state index is 0.128. The number of carbonyl (C=O) groups excluding carboxylic acids is 1. The maximum Gasteiger partial charge on any atom is 0.339 e. The van der Waals surface area contributed by atoms with Crippen molar-refractivity contribution in [2.24, 2.45) is 4.99 Å². The molecule has 0 aromatic carbocycles. The van der Waals surface area contributed by atoms with Crippen LogP contribution in [0.4, 0.5) is 0 Å². The smallest absolute Gasteiger partial charge is 0.339 e. The minimum atomic E-state index is -0.609. The van der Waals surface area contributed by atoms with Gasteiger partial charge >= 0.3 is 5.97 Å². The number of cyclic esters (lactones) is 1. The molecule has 0 radical (unpaired) electrons. The molecule has 1 fully saturated rings. The molecule has 1 heterocycles. The van der Waals surface area contributed by atoms with Crippen LogP contribution in [0.1, 0.15) is 41.5 Å². The summed E-state index contributed by atoms with van der Waals surface area (Å²) < 4.78 is 5.20. The van der Waals surface area contributed by atoms with Gasteiger partial charge in [0, 0.05) is 12.1 Å². The van der Waals surface area contributed by atoms with Crippen LogP contribution in [0, 0.1) is 0 Å². The number of hydrogen-bond acceptors (Lipinski definition) is 3. The van der Waals surface area contributed by atoms with Gasteiger partial charge in [0.15, 0.2) is 0 Å². The molecule has 15 heavy (non-hydrogen) atoms. The second kappa shape index (κ2) is 3.83. The summed E-state index contributed by atoms with van der Waals surface area (Å²) >= 11 is 0. The molecule has 0 N–H and O–H groups in total. The first kappa shape index (κ1) is 12.0. The third-order valence-electron chi connectivity index (χ3n) is 2.38. The van der Waals surface area contributed by atoms with Gasteiger partial charge < -0.3 is 9.64 Å². The van der Waals surface area contributed by atoms with Gasteiger partial charge in [0.1, 0.15) is 5.54 Å².